The molecule has 0 amide bonds. The molecular formula is C16H25BrFN3. The number of likely N-dealkylation sites (tertiary alicyclic amines) is 1. The van der Waals surface area contributed by atoms with Gasteiger partial charge in [0.15, 0.2) is 0 Å². The predicted molar refractivity (Wildman–Crippen MR) is 88.4 cm³/mol. The third kappa shape index (κ3) is 4.25. The largest absolute Gasteiger partial charge is 0.297 e. The van der Waals surface area contributed by atoms with E-state index >= 15 is 0 Å². The van der Waals surface area contributed by atoms with Crippen LogP contribution in [0.25, 0.3) is 0 Å². The Morgan fingerprint density at radius 3 is 2.52 bits per heavy atom. The van der Waals surface area contributed by atoms with Crippen molar-refractivity contribution < 1.29 is 4.39 Å². The minimum Gasteiger partial charge on any atom is -0.297 e. The summed E-state index contributed by atoms with van der Waals surface area (Å²) in [6.45, 7) is 6.66. The van der Waals surface area contributed by atoms with Gasteiger partial charge in [-0.15, -0.1) is 0 Å². The molecule has 1 aromatic rings. The molecule has 1 saturated heterocycles. The van der Waals surface area contributed by atoms with Crippen LogP contribution in [-0.4, -0.2) is 29.6 Å². The summed E-state index contributed by atoms with van der Waals surface area (Å²) in [5.41, 5.74) is 3.84. The number of hydrogen-bond donors (Lipinski definition) is 2. The number of nitrogens with two attached hydrogens (primary N) is 1. The van der Waals surface area contributed by atoms with Crippen molar-refractivity contribution in [1.82, 2.24) is 10.3 Å². The Kier molecular flexibility index (Phi) is 5.77. The number of rotatable bonds is 5. The summed E-state index contributed by atoms with van der Waals surface area (Å²) in [6, 6.07) is 5.09. The fourth-order valence-corrected chi connectivity index (χ4v) is 3.68. The first-order chi connectivity index (χ1) is 9.93. The molecule has 0 bridgehead atoms. The van der Waals surface area contributed by atoms with Gasteiger partial charge in [0.05, 0.1) is 0 Å². The van der Waals surface area contributed by atoms with Gasteiger partial charge in [0.25, 0.3) is 0 Å². The van der Waals surface area contributed by atoms with Gasteiger partial charge >= 0.3 is 0 Å². The van der Waals surface area contributed by atoms with Gasteiger partial charge in [-0.05, 0) is 70.0 Å². The zero-order chi connectivity index (χ0) is 15.5. The lowest BCUT2D eigenvalue weighted by Crippen LogP contribution is -2.61. The number of benzene rings is 1. The zero-order valence-corrected chi connectivity index (χ0v) is 14.4. The van der Waals surface area contributed by atoms with E-state index in [0.717, 1.165) is 23.1 Å². The van der Waals surface area contributed by atoms with Crippen molar-refractivity contribution in [2.45, 2.75) is 51.1 Å². The highest BCUT2D eigenvalue weighted by Crippen LogP contribution is 2.26. The standard InChI is InChI=1S/C16H25BrFN3/c1-16(2,21-6-4-3-5-7-21)15(20-19)10-12-8-13(17)11-14(18)9-12/h8-9,11,15,20H,3-7,10,19H2,1-2H3. The summed E-state index contributed by atoms with van der Waals surface area (Å²) in [6.07, 6.45) is 4.50. The fourth-order valence-electron chi connectivity index (χ4n) is 3.17. The molecule has 1 fully saturated rings. The second kappa shape index (κ2) is 7.18. The summed E-state index contributed by atoms with van der Waals surface area (Å²) in [5.74, 6) is 5.59. The smallest absolute Gasteiger partial charge is 0.124 e. The van der Waals surface area contributed by atoms with Gasteiger partial charge in [-0.25, -0.2) is 4.39 Å². The molecule has 0 radical (unpaired) electrons. The first kappa shape index (κ1) is 16.9. The molecule has 0 aliphatic carbocycles. The molecule has 0 spiro atoms. The van der Waals surface area contributed by atoms with Crippen molar-refractivity contribution >= 4 is 15.9 Å². The Balaban J connectivity index is 2.13. The fraction of sp³-hybridized carbons (Fsp3) is 0.625. The first-order valence-corrected chi connectivity index (χ1v) is 8.39. The Labute approximate surface area is 135 Å². The van der Waals surface area contributed by atoms with Gasteiger partial charge in [0.1, 0.15) is 5.82 Å². The molecule has 3 nitrogen and oxygen atoms in total. The maximum atomic E-state index is 13.5. The SMILES string of the molecule is CC(C)(C(Cc1cc(F)cc(Br)c1)NN)N1CCCCC1. The molecule has 0 saturated carbocycles. The van der Waals surface area contributed by atoms with Crippen LogP contribution in [0.15, 0.2) is 22.7 Å². The van der Waals surface area contributed by atoms with Crippen LogP contribution in [0.4, 0.5) is 4.39 Å². The van der Waals surface area contributed by atoms with E-state index < -0.39 is 0 Å². The first-order valence-electron chi connectivity index (χ1n) is 7.59. The third-order valence-electron chi connectivity index (χ3n) is 4.59. The Morgan fingerprint density at radius 2 is 1.95 bits per heavy atom. The number of piperidine rings is 1. The van der Waals surface area contributed by atoms with Crippen molar-refractivity contribution in [1.29, 1.82) is 0 Å². The van der Waals surface area contributed by atoms with E-state index in [-0.39, 0.29) is 17.4 Å². The second-order valence-electron chi connectivity index (χ2n) is 6.40. The Morgan fingerprint density at radius 1 is 1.29 bits per heavy atom. The van der Waals surface area contributed by atoms with Crippen LogP contribution in [0.2, 0.25) is 0 Å². The van der Waals surface area contributed by atoms with Gasteiger partial charge in [-0.1, -0.05) is 22.4 Å². The van der Waals surface area contributed by atoms with Gasteiger partial charge in [0, 0.05) is 16.1 Å². The lowest BCUT2D eigenvalue weighted by atomic mass is 9.86. The van der Waals surface area contributed by atoms with Crippen molar-refractivity contribution in [3.63, 3.8) is 0 Å². The van der Waals surface area contributed by atoms with Crippen molar-refractivity contribution in [2.75, 3.05) is 13.1 Å². The highest BCUT2D eigenvalue weighted by Gasteiger charge is 2.35. The molecule has 118 valence electrons. The van der Waals surface area contributed by atoms with E-state index in [9.17, 15) is 4.39 Å². The van der Waals surface area contributed by atoms with E-state index in [0.29, 0.717) is 6.42 Å². The average molecular weight is 358 g/mol. The molecule has 2 rings (SSSR count). The van der Waals surface area contributed by atoms with Crippen LogP contribution in [0.5, 0.6) is 0 Å². The monoisotopic (exact) mass is 357 g/mol. The second-order valence-corrected chi connectivity index (χ2v) is 7.32. The molecular weight excluding hydrogens is 333 g/mol. The van der Waals surface area contributed by atoms with Crippen molar-refractivity contribution in [2.24, 2.45) is 5.84 Å². The number of hydrogen-bond acceptors (Lipinski definition) is 3. The van der Waals surface area contributed by atoms with Gasteiger partial charge in [0.2, 0.25) is 0 Å². The summed E-state index contributed by atoms with van der Waals surface area (Å²) in [7, 11) is 0. The Bertz CT molecular complexity index is 452. The van der Waals surface area contributed by atoms with E-state index in [4.69, 9.17) is 5.84 Å². The summed E-state index contributed by atoms with van der Waals surface area (Å²) >= 11 is 3.35. The van der Waals surface area contributed by atoms with Crippen molar-refractivity contribution in [3.05, 3.63) is 34.1 Å². The quantitative estimate of drug-likeness (QED) is 0.627. The van der Waals surface area contributed by atoms with Crippen LogP contribution in [0.1, 0.15) is 38.7 Å². The molecule has 5 heteroatoms. The van der Waals surface area contributed by atoms with E-state index in [1.165, 1.54) is 25.3 Å². The molecule has 21 heavy (non-hydrogen) atoms. The summed E-state index contributed by atoms with van der Waals surface area (Å²) in [4.78, 5) is 2.50. The topological polar surface area (TPSA) is 41.3 Å². The van der Waals surface area contributed by atoms with Gasteiger partial charge in [-0.3, -0.25) is 16.2 Å². The van der Waals surface area contributed by atoms with Gasteiger partial charge < -0.3 is 0 Å². The van der Waals surface area contributed by atoms with Crippen LogP contribution in [-0.2, 0) is 6.42 Å². The summed E-state index contributed by atoms with van der Waals surface area (Å²) in [5, 5.41) is 0. The molecule has 1 atom stereocenters. The minimum absolute atomic E-state index is 0.0615. The van der Waals surface area contributed by atoms with Crippen LogP contribution in [0, 0.1) is 5.82 Å². The molecule has 3 N–H and O–H groups in total. The van der Waals surface area contributed by atoms with E-state index in [1.807, 2.05) is 6.07 Å². The van der Waals surface area contributed by atoms with Crippen LogP contribution < -0.4 is 11.3 Å². The molecule has 1 unspecified atom stereocenters. The van der Waals surface area contributed by atoms with Crippen LogP contribution in [0.3, 0.4) is 0 Å². The molecule has 0 aromatic heterocycles. The van der Waals surface area contributed by atoms with E-state index in [1.54, 1.807) is 6.07 Å². The van der Waals surface area contributed by atoms with E-state index in [2.05, 4.69) is 40.1 Å². The molecule has 1 aliphatic heterocycles. The highest BCUT2D eigenvalue weighted by molar-refractivity contribution is 9.10. The predicted octanol–water partition coefficient (Wildman–Crippen LogP) is 3.23. The number of hydrazine groups is 1. The highest BCUT2D eigenvalue weighted by atomic mass is 79.9. The summed E-state index contributed by atoms with van der Waals surface area (Å²) < 4.78 is 14.3. The lowest BCUT2D eigenvalue weighted by Gasteiger charge is -2.45. The number of nitrogens with one attached hydrogen (secondary N) is 1. The average Bonchev–Trinajstić information content (AvgIpc) is 2.44. The lowest BCUT2D eigenvalue weighted by molar-refractivity contribution is 0.0611. The van der Waals surface area contributed by atoms with Gasteiger partial charge in [-0.2, -0.15) is 0 Å². The number of halogens is 2. The van der Waals surface area contributed by atoms with Crippen molar-refractivity contribution in [3.8, 4) is 0 Å². The Hall–Kier alpha value is -0.490. The maximum Gasteiger partial charge on any atom is 0.124 e. The number of nitrogens with zero attached hydrogens (tertiary/aromatic N) is 1. The normalized spacial score (nSPS) is 18.7. The zero-order valence-electron chi connectivity index (χ0n) is 12.8. The minimum atomic E-state index is -0.217. The molecule has 1 aliphatic rings. The molecule has 1 aromatic carbocycles. The third-order valence-corrected chi connectivity index (χ3v) is 5.05. The molecule has 1 heterocycles. The van der Waals surface area contributed by atoms with Crippen LogP contribution >= 0.6 is 15.9 Å². The maximum absolute atomic E-state index is 13.5.